The molecule has 0 radical (unpaired) electrons. The smallest absolute Gasteiger partial charge is 0.0668 e. The van der Waals surface area contributed by atoms with Gasteiger partial charge in [0.25, 0.3) is 0 Å². The second-order valence-electron chi connectivity index (χ2n) is 4.87. The molecular weight excluding hydrogens is 224 g/mol. The molecule has 1 aromatic rings. The molecular formula is C15H24N2O. The Morgan fingerprint density at radius 2 is 2.17 bits per heavy atom. The SMILES string of the molecule is CCN(CC)Cc1cccc(NC2CCOC2)c1. The molecule has 1 N–H and O–H groups in total. The first-order valence-electron chi connectivity index (χ1n) is 6.97. The fourth-order valence-corrected chi connectivity index (χ4v) is 2.35. The molecule has 1 aliphatic heterocycles. The van der Waals surface area contributed by atoms with Crippen LogP contribution >= 0.6 is 0 Å². The first-order chi connectivity index (χ1) is 8.81. The Bertz CT molecular complexity index is 338. The van der Waals surface area contributed by atoms with Crippen LogP contribution in [-0.2, 0) is 11.3 Å². The fraction of sp³-hybridized carbons (Fsp3) is 0.600. The predicted molar refractivity (Wildman–Crippen MR) is 75.9 cm³/mol. The van der Waals surface area contributed by atoms with E-state index in [1.807, 2.05) is 0 Å². The quantitative estimate of drug-likeness (QED) is 0.837. The number of anilines is 1. The Morgan fingerprint density at radius 1 is 1.33 bits per heavy atom. The van der Waals surface area contributed by atoms with E-state index in [1.54, 1.807) is 0 Å². The lowest BCUT2D eigenvalue weighted by Crippen LogP contribution is -2.22. The van der Waals surface area contributed by atoms with Crippen LogP contribution in [-0.4, -0.2) is 37.2 Å². The van der Waals surface area contributed by atoms with E-state index in [0.29, 0.717) is 6.04 Å². The number of nitrogens with zero attached hydrogens (tertiary/aromatic N) is 1. The number of nitrogens with one attached hydrogen (secondary N) is 1. The molecule has 0 spiro atoms. The summed E-state index contributed by atoms with van der Waals surface area (Å²) in [5.41, 5.74) is 2.60. The van der Waals surface area contributed by atoms with Crippen LogP contribution in [0.15, 0.2) is 24.3 Å². The average molecular weight is 248 g/mol. The molecule has 0 bridgehead atoms. The van der Waals surface area contributed by atoms with Crippen molar-refractivity contribution in [2.75, 3.05) is 31.6 Å². The summed E-state index contributed by atoms with van der Waals surface area (Å²) in [6.07, 6.45) is 1.11. The Labute approximate surface area is 110 Å². The van der Waals surface area contributed by atoms with E-state index >= 15 is 0 Å². The molecule has 0 aromatic heterocycles. The first kappa shape index (κ1) is 13.4. The van der Waals surface area contributed by atoms with E-state index in [4.69, 9.17) is 4.74 Å². The third-order valence-corrected chi connectivity index (χ3v) is 3.53. The van der Waals surface area contributed by atoms with Crippen molar-refractivity contribution in [2.24, 2.45) is 0 Å². The largest absolute Gasteiger partial charge is 0.380 e. The zero-order valence-electron chi connectivity index (χ0n) is 11.5. The van der Waals surface area contributed by atoms with Crippen molar-refractivity contribution in [3.8, 4) is 0 Å². The lowest BCUT2D eigenvalue weighted by molar-refractivity contribution is 0.195. The Morgan fingerprint density at radius 3 is 2.83 bits per heavy atom. The van der Waals surface area contributed by atoms with Gasteiger partial charge in [-0.3, -0.25) is 4.90 Å². The molecule has 1 fully saturated rings. The summed E-state index contributed by atoms with van der Waals surface area (Å²) in [7, 11) is 0. The van der Waals surface area contributed by atoms with Crippen molar-refractivity contribution in [3.63, 3.8) is 0 Å². The monoisotopic (exact) mass is 248 g/mol. The number of ether oxygens (including phenoxy) is 1. The maximum atomic E-state index is 5.39. The lowest BCUT2D eigenvalue weighted by Gasteiger charge is -2.19. The van der Waals surface area contributed by atoms with E-state index in [1.165, 1.54) is 11.3 Å². The minimum atomic E-state index is 0.480. The third kappa shape index (κ3) is 3.72. The van der Waals surface area contributed by atoms with Crippen molar-refractivity contribution in [2.45, 2.75) is 32.9 Å². The maximum absolute atomic E-state index is 5.39. The zero-order valence-corrected chi connectivity index (χ0v) is 11.5. The molecule has 2 rings (SSSR count). The number of benzene rings is 1. The molecule has 3 heteroatoms. The summed E-state index contributed by atoms with van der Waals surface area (Å²) in [5.74, 6) is 0. The molecule has 1 aliphatic rings. The molecule has 18 heavy (non-hydrogen) atoms. The van der Waals surface area contributed by atoms with Gasteiger partial charge >= 0.3 is 0 Å². The average Bonchev–Trinajstić information content (AvgIpc) is 2.89. The van der Waals surface area contributed by atoms with Gasteiger partial charge in [0.2, 0.25) is 0 Å². The van der Waals surface area contributed by atoms with Crippen LogP contribution in [0.3, 0.4) is 0 Å². The molecule has 3 nitrogen and oxygen atoms in total. The van der Waals surface area contributed by atoms with Crippen molar-refractivity contribution in [1.82, 2.24) is 4.90 Å². The minimum absolute atomic E-state index is 0.480. The predicted octanol–water partition coefficient (Wildman–Crippen LogP) is 2.73. The van der Waals surface area contributed by atoms with Crippen molar-refractivity contribution in [1.29, 1.82) is 0 Å². The number of hydrogen-bond donors (Lipinski definition) is 1. The van der Waals surface area contributed by atoms with Crippen LogP contribution in [0.2, 0.25) is 0 Å². The highest BCUT2D eigenvalue weighted by molar-refractivity contribution is 5.46. The van der Waals surface area contributed by atoms with Gasteiger partial charge in [-0.05, 0) is 37.2 Å². The molecule has 1 unspecified atom stereocenters. The molecule has 1 saturated heterocycles. The van der Waals surface area contributed by atoms with Gasteiger partial charge in [0, 0.05) is 18.8 Å². The summed E-state index contributed by atoms with van der Waals surface area (Å²) < 4.78 is 5.39. The van der Waals surface area contributed by atoms with Crippen LogP contribution in [0, 0.1) is 0 Å². The maximum Gasteiger partial charge on any atom is 0.0668 e. The van der Waals surface area contributed by atoms with E-state index in [0.717, 1.165) is 39.3 Å². The van der Waals surface area contributed by atoms with Crippen LogP contribution in [0.1, 0.15) is 25.8 Å². The van der Waals surface area contributed by atoms with Gasteiger partial charge in [0.15, 0.2) is 0 Å². The second kappa shape index (κ2) is 6.76. The second-order valence-corrected chi connectivity index (χ2v) is 4.87. The molecule has 0 aliphatic carbocycles. The zero-order chi connectivity index (χ0) is 12.8. The van der Waals surface area contributed by atoms with Gasteiger partial charge in [-0.25, -0.2) is 0 Å². The van der Waals surface area contributed by atoms with Crippen molar-refractivity contribution >= 4 is 5.69 Å². The van der Waals surface area contributed by atoms with Crippen molar-refractivity contribution in [3.05, 3.63) is 29.8 Å². The highest BCUT2D eigenvalue weighted by Gasteiger charge is 2.14. The van der Waals surface area contributed by atoms with Gasteiger partial charge < -0.3 is 10.1 Å². The molecule has 1 heterocycles. The lowest BCUT2D eigenvalue weighted by atomic mass is 10.1. The first-order valence-corrected chi connectivity index (χ1v) is 6.97. The molecule has 100 valence electrons. The van der Waals surface area contributed by atoms with Gasteiger partial charge in [0.1, 0.15) is 0 Å². The topological polar surface area (TPSA) is 24.5 Å². The molecule has 0 amide bonds. The van der Waals surface area contributed by atoms with Gasteiger partial charge in [-0.1, -0.05) is 26.0 Å². The van der Waals surface area contributed by atoms with Crippen LogP contribution in [0.4, 0.5) is 5.69 Å². The van der Waals surface area contributed by atoms with Crippen molar-refractivity contribution < 1.29 is 4.74 Å². The highest BCUT2D eigenvalue weighted by atomic mass is 16.5. The summed E-state index contributed by atoms with van der Waals surface area (Å²) in [6, 6.07) is 9.22. The van der Waals surface area contributed by atoms with E-state index < -0.39 is 0 Å². The standard InChI is InChI=1S/C15H24N2O/c1-3-17(4-2)11-13-6-5-7-14(10-13)16-15-8-9-18-12-15/h5-7,10,15-16H,3-4,8-9,11-12H2,1-2H3. The summed E-state index contributed by atoms with van der Waals surface area (Å²) in [5, 5.41) is 3.55. The summed E-state index contributed by atoms with van der Waals surface area (Å²) >= 11 is 0. The molecule has 1 atom stereocenters. The fourth-order valence-electron chi connectivity index (χ4n) is 2.35. The minimum Gasteiger partial charge on any atom is -0.380 e. The highest BCUT2D eigenvalue weighted by Crippen LogP contribution is 2.16. The van der Waals surface area contributed by atoms with Gasteiger partial charge in [-0.15, -0.1) is 0 Å². The summed E-state index contributed by atoms with van der Waals surface area (Å²) in [4.78, 5) is 2.43. The Balaban J connectivity index is 1.95. The Kier molecular flexibility index (Phi) is 5.02. The van der Waals surface area contributed by atoms with Gasteiger partial charge in [-0.2, -0.15) is 0 Å². The van der Waals surface area contributed by atoms with Crippen LogP contribution in [0.5, 0.6) is 0 Å². The van der Waals surface area contributed by atoms with E-state index in [-0.39, 0.29) is 0 Å². The molecule has 0 saturated carbocycles. The number of hydrogen-bond acceptors (Lipinski definition) is 3. The number of rotatable bonds is 6. The normalized spacial score (nSPS) is 19.4. The molecule has 1 aromatic carbocycles. The Hall–Kier alpha value is -1.06. The van der Waals surface area contributed by atoms with E-state index in [2.05, 4.69) is 48.3 Å². The van der Waals surface area contributed by atoms with Crippen LogP contribution < -0.4 is 5.32 Å². The summed E-state index contributed by atoms with van der Waals surface area (Å²) in [6.45, 7) is 9.37. The third-order valence-electron chi connectivity index (χ3n) is 3.53. The van der Waals surface area contributed by atoms with E-state index in [9.17, 15) is 0 Å². The van der Waals surface area contributed by atoms with Crippen LogP contribution in [0.25, 0.3) is 0 Å². The van der Waals surface area contributed by atoms with Gasteiger partial charge in [0.05, 0.1) is 12.6 Å².